The highest BCUT2D eigenvalue weighted by molar-refractivity contribution is 5.95. The van der Waals surface area contributed by atoms with Crippen molar-refractivity contribution in [2.24, 2.45) is 5.92 Å². The van der Waals surface area contributed by atoms with Crippen LogP contribution >= 0.6 is 0 Å². The lowest BCUT2D eigenvalue weighted by Gasteiger charge is -2.29. The summed E-state index contributed by atoms with van der Waals surface area (Å²) in [6.07, 6.45) is 6.43. The van der Waals surface area contributed by atoms with E-state index in [0.717, 1.165) is 17.2 Å². The van der Waals surface area contributed by atoms with Gasteiger partial charge < -0.3 is 10.6 Å². The number of aryl methyl sites for hydroxylation is 1. The minimum absolute atomic E-state index is 0.00948. The van der Waals surface area contributed by atoms with Gasteiger partial charge in [0.05, 0.1) is 0 Å². The lowest BCUT2D eigenvalue weighted by Crippen LogP contribution is -2.27. The van der Waals surface area contributed by atoms with Gasteiger partial charge in [-0.3, -0.25) is 4.79 Å². The van der Waals surface area contributed by atoms with Gasteiger partial charge in [-0.25, -0.2) is 0 Å². The van der Waals surface area contributed by atoms with Crippen molar-refractivity contribution < 1.29 is 4.79 Å². The summed E-state index contributed by atoms with van der Waals surface area (Å²) in [5, 5.41) is 6.51. The number of carbonyl (C=O) groups excluding carboxylic acids is 1. The predicted octanol–water partition coefficient (Wildman–Crippen LogP) is 4.13. The maximum absolute atomic E-state index is 11.9. The summed E-state index contributed by atoms with van der Waals surface area (Å²) < 4.78 is 0. The molecule has 3 nitrogen and oxygen atoms in total. The average Bonchev–Trinajstić information content (AvgIpc) is 2.50. The lowest BCUT2D eigenvalue weighted by atomic mass is 9.84. The van der Waals surface area contributed by atoms with Gasteiger partial charge in [-0.2, -0.15) is 0 Å². The van der Waals surface area contributed by atoms with Crippen LogP contribution in [0.15, 0.2) is 18.2 Å². The molecule has 1 saturated carbocycles. The Morgan fingerprint density at radius 1 is 1.19 bits per heavy atom. The molecule has 1 aromatic rings. The molecule has 1 aliphatic rings. The van der Waals surface area contributed by atoms with Gasteiger partial charge in [-0.15, -0.1) is 0 Å². The first-order chi connectivity index (χ1) is 10.1. The molecule has 1 fully saturated rings. The Morgan fingerprint density at radius 2 is 1.90 bits per heavy atom. The second-order valence-electron chi connectivity index (χ2n) is 6.16. The van der Waals surface area contributed by atoms with Gasteiger partial charge in [-0.05, 0) is 63.1 Å². The van der Waals surface area contributed by atoms with Crippen LogP contribution < -0.4 is 10.6 Å². The topological polar surface area (TPSA) is 41.1 Å². The highest BCUT2D eigenvalue weighted by Gasteiger charge is 2.20. The van der Waals surface area contributed by atoms with Crippen LogP contribution in [0.1, 0.15) is 61.9 Å². The second-order valence-corrected chi connectivity index (χ2v) is 6.16. The van der Waals surface area contributed by atoms with Crippen molar-refractivity contribution in [1.82, 2.24) is 5.32 Å². The van der Waals surface area contributed by atoms with Crippen LogP contribution in [0.3, 0.4) is 0 Å². The van der Waals surface area contributed by atoms with E-state index in [-0.39, 0.29) is 5.91 Å². The van der Waals surface area contributed by atoms with E-state index in [1.54, 1.807) is 0 Å². The number of rotatable bonds is 5. The zero-order valence-electron chi connectivity index (χ0n) is 13.5. The third kappa shape index (κ3) is 4.23. The van der Waals surface area contributed by atoms with Crippen molar-refractivity contribution in [1.29, 1.82) is 0 Å². The molecular weight excluding hydrogens is 260 g/mol. The van der Waals surface area contributed by atoms with Gasteiger partial charge in [0.25, 0.3) is 5.91 Å². The highest BCUT2D eigenvalue weighted by Crippen LogP contribution is 2.29. The molecule has 0 saturated heterocycles. The molecule has 0 aromatic heterocycles. The highest BCUT2D eigenvalue weighted by atomic mass is 16.1. The third-order valence-electron chi connectivity index (χ3n) is 4.62. The Hall–Kier alpha value is -1.51. The summed E-state index contributed by atoms with van der Waals surface area (Å²) in [5.41, 5.74) is 3.06. The van der Waals surface area contributed by atoms with Crippen LogP contribution in [0.4, 0.5) is 5.69 Å². The van der Waals surface area contributed by atoms with E-state index >= 15 is 0 Å². The van der Waals surface area contributed by atoms with Crippen molar-refractivity contribution in [3.05, 3.63) is 29.3 Å². The molecule has 2 rings (SSSR count). The minimum atomic E-state index is 0.00948. The van der Waals surface area contributed by atoms with E-state index in [2.05, 4.69) is 24.5 Å². The zero-order chi connectivity index (χ0) is 15.2. The maximum atomic E-state index is 11.9. The molecule has 2 N–H and O–H groups in total. The Morgan fingerprint density at radius 3 is 2.52 bits per heavy atom. The zero-order valence-corrected chi connectivity index (χ0v) is 13.5. The summed E-state index contributed by atoms with van der Waals surface area (Å²) in [6, 6.07) is 6.48. The van der Waals surface area contributed by atoms with Gasteiger partial charge in [0, 0.05) is 23.8 Å². The summed E-state index contributed by atoms with van der Waals surface area (Å²) in [6.45, 7) is 6.99. The molecule has 21 heavy (non-hydrogen) atoms. The molecule has 1 aliphatic carbocycles. The van der Waals surface area contributed by atoms with Crippen molar-refractivity contribution >= 4 is 11.6 Å². The van der Waals surface area contributed by atoms with Crippen molar-refractivity contribution in [2.75, 3.05) is 11.9 Å². The predicted molar refractivity (Wildman–Crippen MR) is 88.8 cm³/mol. The van der Waals surface area contributed by atoms with Crippen molar-refractivity contribution in [2.45, 2.75) is 58.9 Å². The Balaban J connectivity index is 2.02. The number of amides is 1. The first-order valence-electron chi connectivity index (χ1n) is 8.29. The lowest BCUT2D eigenvalue weighted by molar-refractivity contribution is 0.0956. The molecule has 0 bridgehead atoms. The fourth-order valence-corrected chi connectivity index (χ4v) is 3.12. The molecule has 0 radical (unpaired) electrons. The molecule has 0 spiro atoms. The Kier molecular flexibility index (Phi) is 5.66. The Labute approximate surface area is 128 Å². The first-order valence-corrected chi connectivity index (χ1v) is 8.29. The average molecular weight is 288 g/mol. The fourth-order valence-electron chi connectivity index (χ4n) is 3.12. The second kappa shape index (κ2) is 7.48. The van der Waals surface area contributed by atoms with Crippen LogP contribution in [-0.2, 0) is 0 Å². The van der Waals surface area contributed by atoms with E-state index in [0.29, 0.717) is 12.6 Å². The molecule has 0 unspecified atom stereocenters. The van der Waals surface area contributed by atoms with Crippen LogP contribution in [-0.4, -0.2) is 18.5 Å². The van der Waals surface area contributed by atoms with Crippen LogP contribution in [0.5, 0.6) is 0 Å². The molecule has 1 aromatic carbocycles. The molecule has 1 amide bonds. The first kappa shape index (κ1) is 15.9. The number of carbonyl (C=O) groups is 1. The van der Waals surface area contributed by atoms with E-state index in [1.165, 1.54) is 37.7 Å². The largest absolute Gasteiger partial charge is 0.382 e. The molecule has 3 heteroatoms. The molecule has 116 valence electrons. The van der Waals surface area contributed by atoms with Crippen molar-refractivity contribution in [3.8, 4) is 0 Å². The van der Waals surface area contributed by atoms with Crippen LogP contribution in [0, 0.1) is 12.8 Å². The molecule has 0 atom stereocenters. The standard InChI is InChI=1S/C18H28N2O/c1-4-14-7-10-16(11-8-14)20-17-12-15(9-6-13(17)3)18(21)19-5-2/h6,9,12,14,16,20H,4-5,7-8,10-11H2,1-3H3,(H,19,21). The van der Waals surface area contributed by atoms with Gasteiger partial charge in [0.2, 0.25) is 0 Å². The minimum Gasteiger partial charge on any atom is -0.382 e. The molecular formula is C18H28N2O. The quantitative estimate of drug-likeness (QED) is 0.855. The van der Waals surface area contributed by atoms with Gasteiger partial charge in [0.15, 0.2) is 0 Å². The molecule has 0 heterocycles. The summed E-state index contributed by atoms with van der Waals surface area (Å²) in [5.74, 6) is 0.918. The van der Waals surface area contributed by atoms with E-state index < -0.39 is 0 Å². The maximum Gasteiger partial charge on any atom is 0.251 e. The van der Waals surface area contributed by atoms with Crippen LogP contribution in [0.25, 0.3) is 0 Å². The summed E-state index contributed by atoms with van der Waals surface area (Å²) in [4.78, 5) is 11.9. The summed E-state index contributed by atoms with van der Waals surface area (Å²) >= 11 is 0. The van der Waals surface area contributed by atoms with Crippen LogP contribution in [0.2, 0.25) is 0 Å². The van der Waals surface area contributed by atoms with Gasteiger partial charge >= 0.3 is 0 Å². The number of hydrogen-bond acceptors (Lipinski definition) is 2. The van der Waals surface area contributed by atoms with Gasteiger partial charge in [-0.1, -0.05) is 19.4 Å². The van der Waals surface area contributed by atoms with E-state index in [9.17, 15) is 4.79 Å². The van der Waals surface area contributed by atoms with E-state index in [4.69, 9.17) is 0 Å². The Bertz CT molecular complexity index is 476. The normalized spacial score (nSPS) is 21.9. The smallest absolute Gasteiger partial charge is 0.251 e. The fraction of sp³-hybridized carbons (Fsp3) is 0.611. The number of benzene rings is 1. The molecule has 0 aliphatic heterocycles. The summed E-state index contributed by atoms with van der Waals surface area (Å²) in [7, 11) is 0. The monoisotopic (exact) mass is 288 g/mol. The number of anilines is 1. The SMILES string of the molecule is CCNC(=O)c1ccc(C)c(NC2CCC(CC)CC2)c1. The third-order valence-corrected chi connectivity index (χ3v) is 4.62. The van der Waals surface area contributed by atoms with Gasteiger partial charge in [0.1, 0.15) is 0 Å². The number of hydrogen-bond donors (Lipinski definition) is 2. The van der Waals surface area contributed by atoms with Crippen molar-refractivity contribution in [3.63, 3.8) is 0 Å². The number of nitrogens with one attached hydrogen (secondary N) is 2. The van der Waals surface area contributed by atoms with E-state index in [1.807, 2.05) is 25.1 Å².